The van der Waals surface area contributed by atoms with Gasteiger partial charge in [0, 0.05) is 55.0 Å². The summed E-state index contributed by atoms with van der Waals surface area (Å²) in [5.74, 6) is 0.148. The Hall–Kier alpha value is -2.66. The molecule has 0 unspecified atom stereocenters. The molecule has 5 rings (SSSR count). The molecule has 0 N–H and O–H groups in total. The molecule has 2 aromatic carbocycles. The van der Waals surface area contributed by atoms with Crippen LogP contribution < -0.4 is 9.80 Å². The summed E-state index contributed by atoms with van der Waals surface area (Å²) in [5, 5.41) is 0. The molecule has 0 spiro atoms. The van der Waals surface area contributed by atoms with Gasteiger partial charge in [0.05, 0.1) is 18.9 Å². The van der Waals surface area contributed by atoms with Gasteiger partial charge >= 0.3 is 0 Å². The van der Waals surface area contributed by atoms with E-state index in [4.69, 9.17) is 4.74 Å². The number of carbonyl (C=O) groups excluding carboxylic acids is 2. The van der Waals surface area contributed by atoms with Crippen molar-refractivity contribution in [1.82, 2.24) is 0 Å². The van der Waals surface area contributed by atoms with Gasteiger partial charge in [-0.05, 0) is 54.8 Å². The van der Waals surface area contributed by atoms with Crippen molar-refractivity contribution in [2.24, 2.45) is 0 Å². The number of benzene rings is 2. The van der Waals surface area contributed by atoms with Crippen LogP contribution in [0.3, 0.4) is 0 Å². The quantitative estimate of drug-likeness (QED) is 0.771. The Labute approximate surface area is 164 Å². The Morgan fingerprint density at radius 1 is 0.857 bits per heavy atom. The lowest BCUT2D eigenvalue weighted by Crippen LogP contribution is -2.36. The number of aryl methyl sites for hydroxylation is 1. The maximum absolute atomic E-state index is 13.1. The Morgan fingerprint density at radius 3 is 2.43 bits per heavy atom. The highest BCUT2D eigenvalue weighted by molar-refractivity contribution is 6.12. The summed E-state index contributed by atoms with van der Waals surface area (Å²) in [6, 6.07) is 11.6. The summed E-state index contributed by atoms with van der Waals surface area (Å²) in [6.45, 7) is 5.03. The number of ether oxygens (including phenoxy) is 1. The summed E-state index contributed by atoms with van der Waals surface area (Å²) in [4.78, 5) is 30.2. The van der Waals surface area contributed by atoms with Crippen LogP contribution in [0.2, 0.25) is 0 Å². The van der Waals surface area contributed by atoms with Crippen molar-refractivity contribution in [3.63, 3.8) is 0 Å². The van der Waals surface area contributed by atoms with Crippen LogP contribution in [0.1, 0.15) is 44.7 Å². The number of nitrogens with zero attached hydrogens (tertiary/aromatic N) is 2. The lowest BCUT2D eigenvalue weighted by molar-refractivity contribution is 0.0979. The third kappa shape index (κ3) is 3.00. The predicted molar refractivity (Wildman–Crippen MR) is 109 cm³/mol. The molecule has 5 heteroatoms. The molecule has 0 bridgehead atoms. The fraction of sp³-hybridized carbons (Fsp3) is 0.391. The van der Waals surface area contributed by atoms with Gasteiger partial charge in [0.1, 0.15) is 0 Å². The summed E-state index contributed by atoms with van der Waals surface area (Å²) >= 11 is 0. The second kappa shape index (κ2) is 7.06. The van der Waals surface area contributed by atoms with Gasteiger partial charge in [0.25, 0.3) is 0 Å². The first-order chi connectivity index (χ1) is 13.7. The van der Waals surface area contributed by atoms with Crippen molar-refractivity contribution in [3.05, 3.63) is 58.7 Å². The van der Waals surface area contributed by atoms with Gasteiger partial charge in [0.15, 0.2) is 11.6 Å². The molecule has 28 heavy (non-hydrogen) atoms. The lowest BCUT2D eigenvalue weighted by atomic mass is 9.87. The molecule has 1 saturated heterocycles. The minimum absolute atomic E-state index is 0.0110. The van der Waals surface area contributed by atoms with Crippen LogP contribution >= 0.6 is 0 Å². The molecule has 2 aromatic rings. The zero-order valence-electron chi connectivity index (χ0n) is 15.9. The molecule has 1 fully saturated rings. The molecule has 144 valence electrons. The number of Topliss-reactive ketones (excluding diaryl/α,β-unsaturated/α-hetero) is 1. The maximum Gasteiger partial charge on any atom is 0.193 e. The summed E-state index contributed by atoms with van der Waals surface area (Å²) < 4.78 is 5.40. The highest BCUT2D eigenvalue weighted by Crippen LogP contribution is 2.36. The first kappa shape index (κ1) is 17.4. The van der Waals surface area contributed by atoms with Crippen LogP contribution in [-0.2, 0) is 11.2 Å². The topological polar surface area (TPSA) is 49.9 Å². The molecule has 3 heterocycles. The molecule has 0 saturated carbocycles. The molecular formula is C23H24N2O3. The monoisotopic (exact) mass is 376 g/mol. The fourth-order valence-corrected chi connectivity index (χ4v) is 4.58. The minimum Gasteiger partial charge on any atom is -0.378 e. The lowest BCUT2D eigenvalue weighted by Gasteiger charge is -2.36. The van der Waals surface area contributed by atoms with Crippen molar-refractivity contribution in [3.8, 4) is 0 Å². The van der Waals surface area contributed by atoms with Crippen LogP contribution in [0.25, 0.3) is 0 Å². The van der Waals surface area contributed by atoms with Crippen molar-refractivity contribution in [2.75, 3.05) is 49.2 Å². The van der Waals surface area contributed by atoms with E-state index in [2.05, 4.69) is 9.80 Å². The summed E-state index contributed by atoms with van der Waals surface area (Å²) in [7, 11) is 0. The average molecular weight is 376 g/mol. The third-order valence-electron chi connectivity index (χ3n) is 6.06. The van der Waals surface area contributed by atoms with Gasteiger partial charge in [-0.2, -0.15) is 0 Å². The number of carbonyl (C=O) groups is 2. The first-order valence-electron chi connectivity index (χ1n) is 10.1. The van der Waals surface area contributed by atoms with Crippen LogP contribution in [-0.4, -0.2) is 51.0 Å². The van der Waals surface area contributed by atoms with Crippen molar-refractivity contribution in [1.29, 1.82) is 0 Å². The fourth-order valence-electron chi connectivity index (χ4n) is 4.58. The Bertz CT molecular complexity index is 930. The van der Waals surface area contributed by atoms with Gasteiger partial charge in [-0.3, -0.25) is 9.59 Å². The Morgan fingerprint density at radius 2 is 1.64 bits per heavy atom. The van der Waals surface area contributed by atoms with Crippen LogP contribution in [0.15, 0.2) is 36.4 Å². The molecule has 5 nitrogen and oxygen atoms in total. The molecule has 0 radical (unpaired) electrons. The van der Waals surface area contributed by atoms with Gasteiger partial charge < -0.3 is 14.5 Å². The van der Waals surface area contributed by atoms with E-state index >= 15 is 0 Å². The van der Waals surface area contributed by atoms with Crippen LogP contribution in [0.4, 0.5) is 11.4 Å². The third-order valence-corrected chi connectivity index (χ3v) is 6.06. The number of morpholine rings is 1. The van der Waals surface area contributed by atoms with E-state index in [0.717, 1.165) is 74.7 Å². The van der Waals surface area contributed by atoms with Gasteiger partial charge in [-0.15, -0.1) is 0 Å². The molecule has 3 aliphatic rings. The van der Waals surface area contributed by atoms with E-state index < -0.39 is 0 Å². The highest BCUT2D eigenvalue weighted by atomic mass is 16.5. The van der Waals surface area contributed by atoms with Crippen LogP contribution in [0.5, 0.6) is 0 Å². The van der Waals surface area contributed by atoms with E-state index in [9.17, 15) is 9.59 Å². The molecular weight excluding hydrogens is 352 g/mol. The molecule has 0 atom stereocenters. The minimum atomic E-state index is -0.0110. The second-order valence-corrected chi connectivity index (χ2v) is 7.77. The first-order valence-corrected chi connectivity index (χ1v) is 10.1. The Balaban J connectivity index is 1.45. The van der Waals surface area contributed by atoms with Gasteiger partial charge in [-0.1, -0.05) is 0 Å². The SMILES string of the molecule is O=C(c1ccc(N2CCOCC2)cc1)c1cc2c3c(c1)C(=O)CCN3CCC2. The van der Waals surface area contributed by atoms with E-state index in [1.807, 2.05) is 36.4 Å². The largest absolute Gasteiger partial charge is 0.378 e. The zero-order valence-corrected chi connectivity index (χ0v) is 15.9. The number of anilines is 2. The van der Waals surface area contributed by atoms with Gasteiger partial charge in [-0.25, -0.2) is 0 Å². The second-order valence-electron chi connectivity index (χ2n) is 7.77. The molecule has 0 aromatic heterocycles. The molecule has 3 aliphatic heterocycles. The van der Waals surface area contributed by atoms with E-state index in [1.54, 1.807) is 0 Å². The normalized spacial score (nSPS) is 18.8. The maximum atomic E-state index is 13.1. The number of hydrogen-bond acceptors (Lipinski definition) is 5. The number of ketones is 2. The Kier molecular flexibility index (Phi) is 4.40. The standard InChI is InChI=1S/C23H24N2O3/c26-21-7-9-25-8-1-2-17-14-18(15-20(21)22(17)25)23(27)16-3-5-19(6-4-16)24-10-12-28-13-11-24/h3-6,14-15H,1-2,7-13H2. The van der Waals surface area contributed by atoms with E-state index in [1.165, 1.54) is 0 Å². The molecule has 0 amide bonds. The summed E-state index contributed by atoms with van der Waals surface area (Å²) in [5.41, 5.74) is 5.36. The smallest absolute Gasteiger partial charge is 0.193 e. The number of rotatable bonds is 3. The van der Waals surface area contributed by atoms with E-state index in [-0.39, 0.29) is 11.6 Å². The van der Waals surface area contributed by atoms with Crippen LogP contribution in [0, 0.1) is 0 Å². The highest BCUT2D eigenvalue weighted by Gasteiger charge is 2.29. The van der Waals surface area contributed by atoms with E-state index in [0.29, 0.717) is 17.5 Å². The average Bonchev–Trinajstić information content (AvgIpc) is 2.76. The number of hydrogen-bond donors (Lipinski definition) is 0. The molecule has 0 aliphatic carbocycles. The zero-order chi connectivity index (χ0) is 19.1. The van der Waals surface area contributed by atoms with Gasteiger partial charge in [0.2, 0.25) is 0 Å². The van der Waals surface area contributed by atoms with Crippen molar-refractivity contribution in [2.45, 2.75) is 19.3 Å². The predicted octanol–water partition coefficient (Wildman–Crippen LogP) is 3.09. The summed E-state index contributed by atoms with van der Waals surface area (Å²) in [6.07, 6.45) is 2.55. The van der Waals surface area contributed by atoms with Crippen molar-refractivity contribution < 1.29 is 14.3 Å². The van der Waals surface area contributed by atoms with Crippen molar-refractivity contribution >= 4 is 22.9 Å².